The Morgan fingerprint density at radius 1 is 0.862 bits per heavy atom. The summed E-state index contributed by atoms with van der Waals surface area (Å²) in [7, 11) is 0. The number of hydrogen-bond acceptors (Lipinski definition) is 1. The second kappa shape index (κ2) is 10.9. The Hall–Kier alpha value is -1.76. The Balaban J connectivity index is 1.63. The predicted molar refractivity (Wildman–Crippen MR) is 127 cm³/mol. The molecule has 0 amide bonds. The zero-order chi connectivity index (χ0) is 20.5. The van der Waals surface area contributed by atoms with Gasteiger partial charge in [-0.05, 0) is 85.6 Å². The molecule has 2 aromatic rings. The number of nitrogens with two attached hydrogens (primary N) is 1. The van der Waals surface area contributed by atoms with Crippen molar-refractivity contribution in [3.05, 3.63) is 65.2 Å². The fourth-order valence-corrected chi connectivity index (χ4v) is 5.45. The molecule has 158 valence electrons. The largest absolute Gasteiger partial charge is 0.399 e. The lowest BCUT2D eigenvalue weighted by atomic mass is 9.64. The Morgan fingerprint density at radius 3 is 2.21 bits per heavy atom. The SMILES string of the molecule is CCCCCCCCC1(Cc2ccc(N)cc2)CCC(c2ccccc2C)CC1. The molecule has 0 atom stereocenters. The Morgan fingerprint density at radius 2 is 1.52 bits per heavy atom. The molecule has 0 unspecified atom stereocenters. The minimum atomic E-state index is 0.486. The van der Waals surface area contributed by atoms with Crippen LogP contribution in [0, 0.1) is 12.3 Å². The topological polar surface area (TPSA) is 26.0 Å². The van der Waals surface area contributed by atoms with Crippen molar-refractivity contribution in [3.8, 4) is 0 Å². The third-order valence-corrected chi connectivity index (χ3v) is 7.29. The summed E-state index contributed by atoms with van der Waals surface area (Å²) in [5.74, 6) is 0.750. The Labute approximate surface area is 179 Å². The van der Waals surface area contributed by atoms with Gasteiger partial charge in [0.2, 0.25) is 0 Å². The minimum Gasteiger partial charge on any atom is -0.399 e. The number of hydrogen-bond donors (Lipinski definition) is 1. The van der Waals surface area contributed by atoms with Gasteiger partial charge >= 0.3 is 0 Å². The highest BCUT2D eigenvalue weighted by atomic mass is 14.5. The van der Waals surface area contributed by atoms with Crippen molar-refractivity contribution in [1.29, 1.82) is 0 Å². The lowest BCUT2D eigenvalue weighted by molar-refractivity contribution is 0.152. The maximum Gasteiger partial charge on any atom is 0.0314 e. The minimum absolute atomic E-state index is 0.486. The van der Waals surface area contributed by atoms with Crippen LogP contribution in [0.2, 0.25) is 0 Å². The van der Waals surface area contributed by atoms with E-state index >= 15 is 0 Å². The first-order valence-electron chi connectivity index (χ1n) is 12.0. The van der Waals surface area contributed by atoms with Gasteiger partial charge in [0, 0.05) is 5.69 Å². The molecule has 1 aliphatic rings. The van der Waals surface area contributed by atoms with Crippen LogP contribution in [-0.2, 0) is 6.42 Å². The summed E-state index contributed by atoms with van der Waals surface area (Å²) in [5, 5.41) is 0. The number of aryl methyl sites for hydroxylation is 1. The third-order valence-electron chi connectivity index (χ3n) is 7.29. The zero-order valence-corrected chi connectivity index (χ0v) is 18.8. The molecule has 29 heavy (non-hydrogen) atoms. The van der Waals surface area contributed by atoms with Crippen LogP contribution < -0.4 is 5.73 Å². The molecule has 0 bridgehead atoms. The van der Waals surface area contributed by atoms with E-state index in [4.69, 9.17) is 5.73 Å². The lowest BCUT2D eigenvalue weighted by Gasteiger charge is -2.41. The molecule has 0 radical (unpaired) electrons. The molecule has 2 N–H and O–H groups in total. The molecule has 0 saturated heterocycles. The predicted octanol–water partition coefficient (Wildman–Crippen LogP) is 8.21. The zero-order valence-electron chi connectivity index (χ0n) is 18.8. The summed E-state index contributed by atoms with van der Waals surface area (Å²) < 4.78 is 0. The highest BCUT2D eigenvalue weighted by Crippen LogP contribution is 2.48. The van der Waals surface area contributed by atoms with Gasteiger partial charge in [-0.25, -0.2) is 0 Å². The first-order chi connectivity index (χ1) is 14.1. The summed E-state index contributed by atoms with van der Waals surface area (Å²) in [6, 6.07) is 17.7. The van der Waals surface area contributed by atoms with Crippen LogP contribution in [0.4, 0.5) is 5.69 Å². The summed E-state index contributed by atoms with van der Waals surface area (Å²) >= 11 is 0. The Kier molecular flexibility index (Phi) is 8.21. The average molecular weight is 392 g/mol. The van der Waals surface area contributed by atoms with Crippen molar-refractivity contribution in [2.75, 3.05) is 5.73 Å². The van der Waals surface area contributed by atoms with Crippen molar-refractivity contribution < 1.29 is 0 Å². The molecular weight excluding hydrogens is 350 g/mol. The Bertz CT molecular complexity index is 722. The van der Waals surface area contributed by atoms with Crippen LogP contribution >= 0.6 is 0 Å². The van der Waals surface area contributed by atoms with E-state index in [1.165, 1.54) is 88.2 Å². The van der Waals surface area contributed by atoms with Crippen LogP contribution in [-0.4, -0.2) is 0 Å². The van der Waals surface area contributed by atoms with Gasteiger partial charge in [0.05, 0.1) is 0 Å². The summed E-state index contributed by atoms with van der Waals surface area (Å²) in [4.78, 5) is 0. The summed E-state index contributed by atoms with van der Waals surface area (Å²) in [5.41, 5.74) is 11.8. The fraction of sp³-hybridized carbons (Fsp3) is 0.571. The van der Waals surface area contributed by atoms with E-state index in [0.29, 0.717) is 5.41 Å². The maximum atomic E-state index is 5.93. The van der Waals surface area contributed by atoms with Crippen LogP contribution in [0.1, 0.15) is 100 Å². The van der Waals surface area contributed by atoms with E-state index in [1.807, 2.05) is 0 Å². The van der Waals surface area contributed by atoms with Crippen molar-refractivity contribution in [3.63, 3.8) is 0 Å². The highest BCUT2D eigenvalue weighted by Gasteiger charge is 2.35. The molecule has 1 fully saturated rings. The van der Waals surface area contributed by atoms with Gasteiger partial charge in [0.1, 0.15) is 0 Å². The van der Waals surface area contributed by atoms with Gasteiger partial charge in [0.25, 0.3) is 0 Å². The van der Waals surface area contributed by atoms with Crippen molar-refractivity contribution >= 4 is 5.69 Å². The van der Waals surface area contributed by atoms with Gasteiger partial charge in [0.15, 0.2) is 0 Å². The summed E-state index contributed by atoms with van der Waals surface area (Å²) in [6.45, 7) is 4.58. The number of nitrogen functional groups attached to an aromatic ring is 1. The molecule has 1 aliphatic carbocycles. The van der Waals surface area contributed by atoms with Crippen LogP contribution in [0.3, 0.4) is 0 Å². The van der Waals surface area contributed by atoms with Gasteiger partial charge in [-0.3, -0.25) is 0 Å². The van der Waals surface area contributed by atoms with E-state index in [-0.39, 0.29) is 0 Å². The smallest absolute Gasteiger partial charge is 0.0314 e. The van der Waals surface area contributed by atoms with E-state index < -0.39 is 0 Å². The average Bonchev–Trinajstić information content (AvgIpc) is 2.74. The van der Waals surface area contributed by atoms with E-state index in [1.54, 1.807) is 5.56 Å². The van der Waals surface area contributed by atoms with E-state index in [0.717, 1.165) is 11.6 Å². The van der Waals surface area contributed by atoms with Gasteiger partial charge in [-0.15, -0.1) is 0 Å². The molecule has 0 aromatic heterocycles. The number of benzene rings is 2. The van der Waals surface area contributed by atoms with Gasteiger partial charge in [-0.1, -0.05) is 81.8 Å². The molecular formula is C28H41N. The lowest BCUT2D eigenvalue weighted by Crippen LogP contribution is -2.29. The monoisotopic (exact) mass is 391 g/mol. The van der Waals surface area contributed by atoms with Crippen LogP contribution in [0.5, 0.6) is 0 Å². The normalized spacial score (nSPS) is 21.9. The number of unbranched alkanes of at least 4 members (excludes halogenated alkanes) is 5. The van der Waals surface area contributed by atoms with Gasteiger partial charge < -0.3 is 5.73 Å². The van der Waals surface area contributed by atoms with E-state index in [2.05, 4.69) is 62.4 Å². The second-order valence-corrected chi connectivity index (χ2v) is 9.57. The third kappa shape index (κ3) is 6.36. The molecule has 0 aliphatic heterocycles. The first kappa shape index (κ1) is 21.9. The first-order valence-corrected chi connectivity index (χ1v) is 12.0. The molecule has 0 heterocycles. The number of rotatable bonds is 10. The second-order valence-electron chi connectivity index (χ2n) is 9.57. The van der Waals surface area contributed by atoms with Crippen molar-refractivity contribution in [2.45, 2.75) is 96.8 Å². The van der Waals surface area contributed by atoms with Crippen LogP contribution in [0.25, 0.3) is 0 Å². The van der Waals surface area contributed by atoms with Gasteiger partial charge in [-0.2, -0.15) is 0 Å². The van der Waals surface area contributed by atoms with Crippen molar-refractivity contribution in [2.24, 2.45) is 5.41 Å². The standard InChI is InChI=1S/C28H41N/c1-3-4-5-6-7-10-19-28(22-24-13-15-26(29)16-14-24)20-17-25(18-21-28)27-12-9-8-11-23(27)2/h8-9,11-16,25H,3-7,10,17-22,29H2,1-2H3. The molecule has 1 nitrogen and oxygen atoms in total. The molecule has 1 heteroatoms. The quantitative estimate of drug-likeness (QED) is 0.320. The molecule has 2 aromatic carbocycles. The van der Waals surface area contributed by atoms with Crippen molar-refractivity contribution in [1.82, 2.24) is 0 Å². The van der Waals surface area contributed by atoms with Crippen LogP contribution in [0.15, 0.2) is 48.5 Å². The summed E-state index contributed by atoms with van der Waals surface area (Å²) in [6.07, 6.45) is 16.4. The molecule has 3 rings (SSSR count). The molecule has 0 spiro atoms. The number of anilines is 1. The van der Waals surface area contributed by atoms with E-state index in [9.17, 15) is 0 Å². The highest BCUT2D eigenvalue weighted by molar-refractivity contribution is 5.39. The molecule has 1 saturated carbocycles. The maximum absolute atomic E-state index is 5.93. The fourth-order valence-electron chi connectivity index (χ4n) is 5.45.